The van der Waals surface area contributed by atoms with Crippen molar-refractivity contribution in [1.29, 1.82) is 0 Å². The van der Waals surface area contributed by atoms with Crippen LogP contribution in [0.1, 0.15) is 42.9 Å². The fraction of sp³-hybridized carbons (Fsp3) is 0.556. The van der Waals surface area contributed by atoms with Gasteiger partial charge in [0.1, 0.15) is 11.5 Å². The summed E-state index contributed by atoms with van der Waals surface area (Å²) >= 11 is 0. The van der Waals surface area contributed by atoms with E-state index in [1.807, 2.05) is 32.3 Å². The SMILES string of the molecule is Cc1cc(C(C)NCC2CCN(c3ncccn3)CC2)c(C)o1. The first kappa shape index (κ1) is 16.0. The monoisotopic (exact) mass is 314 g/mol. The third-order valence-electron chi connectivity index (χ3n) is 4.71. The minimum absolute atomic E-state index is 0.336. The molecule has 1 saturated heterocycles. The second kappa shape index (κ2) is 7.13. The number of aromatic nitrogens is 2. The highest BCUT2D eigenvalue weighted by atomic mass is 16.3. The number of hydrogen-bond donors (Lipinski definition) is 1. The third-order valence-corrected chi connectivity index (χ3v) is 4.71. The van der Waals surface area contributed by atoms with Gasteiger partial charge in [-0.15, -0.1) is 0 Å². The molecule has 1 atom stereocenters. The van der Waals surface area contributed by atoms with Crippen molar-refractivity contribution < 1.29 is 4.42 Å². The second-order valence-electron chi connectivity index (χ2n) is 6.48. The average Bonchev–Trinajstić information content (AvgIpc) is 2.92. The lowest BCUT2D eigenvalue weighted by atomic mass is 9.96. The third kappa shape index (κ3) is 3.91. The minimum atomic E-state index is 0.336. The summed E-state index contributed by atoms with van der Waals surface area (Å²) in [4.78, 5) is 11.0. The number of piperidine rings is 1. The Morgan fingerprint density at radius 2 is 1.96 bits per heavy atom. The van der Waals surface area contributed by atoms with Gasteiger partial charge in [-0.2, -0.15) is 0 Å². The fourth-order valence-corrected chi connectivity index (χ4v) is 3.33. The maximum absolute atomic E-state index is 5.63. The molecular weight excluding hydrogens is 288 g/mol. The summed E-state index contributed by atoms with van der Waals surface area (Å²) < 4.78 is 5.63. The Balaban J connectivity index is 1.47. The molecule has 5 heteroatoms. The molecule has 1 aliphatic heterocycles. The number of nitrogens with zero attached hydrogens (tertiary/aromatic N) is 3. The van der Waals surface area contributed by atoms with Gasteiger partial charge in [0.2, 0.25) is 5.95 Å². The van der Waals surface area contributed by atoms with E-state index in [2.05, 4.69) is 33.2 Å². The van der Waals surface area contributed by atoms with Crippen LogP contribution in [-0.2, 0) is 0 Å². The van der Waals surface area contributed by atoms with E-state index in [1.165, 1.54) is 18.4 Å². The number of hydrogen-bond acceptors (Lipinski definition) is 5. The largest absolute Gasteiger partial charge is 0.466 e. The molecule has 1 N–H and O–H groups in total. The van der Waals surface area contributed by atoms with Crippen LogP contribution in [0.2, 0.25) is 0 Å². The van der Waals surface area contributed by atoms with Crippen molar-refractivity contribution in [3.8, 4) is 0 Å². The molecule has 1 unspecified atom stereocenters. The van der Waals surface area contributed by atoms with Gasteiger partial charge in [0, 0.05) is 37.1 Å². The molecule has 0 radical (unpaired) electrons. The van der Waals surface area contributed by atoms with Gasteiger partial charge >= 0.3 is 0 Å². The van der Waals surface area contributed by atoms with Gasteiger partial charge in [-0.3, -0.25) is 0 Å². The Labute approximate surface area is 138 Å². The summed E-state index contributed by atoms with van der Waals surface area (Å²) in [5.41, 5.74) is 1.28. The van der Waals surface area contributed by atoms with Crippen molar-refractivity contribution in [2.45, 2.75) is 39.7 Å². The quantitative estimate of drug-likeness (QED) is 0.918. The molecule has 0 bridgehead atoms. The zero-order valence-electron chi connectivity index (χ0n) is 14.2. The van der Waals surface area contributed by atoms with Crippen LogP contribution in [0.15, 0.2) is 28.9 Å². The molecule has 1 aliphatic rings. The second-order valence-corrected chi connectivity index (χ2v) is 6.48. The summed E-state index contributed by atoms with van der Waals surface area (Å²) in [7, 11) is 0. The van der Waals surface area contributed by atoms with Crippen molar-refractivity contribution in [3.05, 3.63) is 41.6 Å². The predicted octanol–water partition coefficient (Wildman–Crippen LogP) is 3.25. The number of anilines is 1. The molecule has 1 fully saturated rings. The lowest BCUT2D eigenvalue weighted by Crippen LogP contribution is -2.38. The molecule has 0 spiro atoms. The minimum Gasteiger partial charge on any atom is -0.466 e. The van der Waals surface area contributed by atoms with Crippen molar-refractivity contribution >= 4 is 5.95 Å². The first-order valence-electron chi connectivity index (χ1n) is 8.45. The molecule has 0 aliphatic carbocycles. The van der Waals surface area contributed by atoms with Crippen LogP contribution in [0.25, 0.3) is 0 Å². The summed E-state index contributed by atoms with van der Waals surface area (Å²) in [5.74, 6) is 3.59. The van der Waals surface area contributed by atoms with E-state index in [4.69, 9.17) is 4.42 Å². The van der Waals surface area contributed by atoms with Crippen LogP contribution in [0.4, 0.5) is 5.95 Å². The molecule has 124 valence electrons. The van der Waals surface area contributed by atoms with E-state index in [9.17, 15) is 0 Å². The number of rotatable bonds is 5. The predicted molar refractivity (Wildman–Crippen MR) is 91.6 cm³/mol. The summed E-state index contributed by atoms with van der Waals surface area (Å²) in [6.45, 7) is 9.38. The highest BCUT2D eigenvalue weighted by Gasteiger charge is 2.21. The molecule has 0 amide bonds. The van der Waals surface area contributed by atoms with Gasteiger partial charge in [0.15, 0.2) is 0 Å². The van der Waals surface area contributed by atoms with Gasteiger partial charge in [-0.05, 0) is 58.2 Å². The smallest absolute Gasteiger partial charge is 0.225 e. The fourth-order valence-electron chi connectivity index (χ4n) is 3.33. The highest BCUT2D eigenvalue weighted by Crippen LogP contribution is 2.23. The number of nitrogens with one attached hydrogen (secondary N) is 1. The first-order valence-corrected chi connectivity index (χ1v) is 8.45. The number of furan rings is 1. The van der Waals surface area contributed by atoms with Gasteiger partial charge in [0.25, 0.3) is 0 Å². The Morgan fingerprint density at radius 1 is 1.26 bits per heavy atom. The van der Waals surface area contributed by atoms with Crippen LogP contribution < -0.4 is 10.2 Å². The Morgan fingerprint density at radius 3 is 2.57 bits per heavy atom. The van der Waals surface area contributed by atoms with E-state index in [0.717, 1.165) is 37.1 Å². The molecule has 0 saturated carbocycles. The molecule has 2 aromatic heterocycles. The zero-order chi connectivity index (χ0) is 16.2. The molecule has 3 rings (SSSR count). The van der Waals surface area contributed by atoms with Gasteiger partial charge in [0.05, 0.1) is 0 Å². The summed E-state index contributed by atoms with van der Waals surface area (Å²) in [6.07, 6.45) is 5.99. The van der Waals surface area contributed by atoms with E-state index < -0.39 is 0 Å². The van der Waals surface area contributed by atoms with E-state index in [1.54, 1.807) is 0 Å². The summed E-state index contributed by atoms with van der Waals surface area (Å²) in [6, 6.07) is 4.34. The molecule has 2 aromatic rings. The molecular formula is C18H26N4O. The Bertz CT molecular complexity index is 617. The standard InChI is InChI=1S/C18H26N4O/c1-13-11-17(15(3)23-13)14(2)21-12-16-5-9-22(10-6-16)18-19-7-4-8-20-18/h4,7-8,11,14,16,21H,5-6,9-10,12H2,1-3H3. The van der Waals surface area contributed by atoms with Crippen LogP contribution in [0, 0.1) is 19.8 Å². The molecule has 3 heterocycles. The maximum Gasteiger partial charge on any atom is 0.225 e. The topological polar surface area (TPSA) is 54.2 Å². The van der Waals surface area contributed by atoms with Crippen molar-refractivity contribution in [3.63, 3.8) is 0 Å². The van der Waals surface area contributed by atoms with Gasteiger partial charge in [-0.25, -0.2) is 9.97 Å². The van der Waals surface area contributed by atoms with Crippen molar-refractivity contribution in [1.82, 2.24) is 15.3 Å². The Kier molecular flexibility index (Phi) is 4.96. The lowest BCUT2D eigenvalue weighted by Gasteiger charge is -2.32. The maximum atomic E-state index is 5.63. The normalized spacial score (nSPS) is 17.4. The molecule has 23 heavy (non-hydrogen) atoms. The van der Waals surface area contributed by atoms with Crippen LogP contribution >= 0.6 is 0 Å². The van der Waals surface area contributed by atoms with Crippen molar-refractivity contribution in [2.75, 3.05) is 24.5 Å². The molecule has 0 aromatic carbocycles. The first-order chi connectivity index (χ1) is 11.1. The van der Waals surface area contributed by atoms with Crippen LogP contribution in [0.5, 0.6) is 0 Å². The summed E-state index contributed by atoms with van der Waals surface area (Å²) in [5, 5.41) is 3.67. The Hall–Kier alpha value is -1.88. The zero-order valence-corrected chi connectivity index (χ0v) is 14.2. The molecule has 5 nitrogen and oxygen atoms in total. The van der Waals surface area contributed by atoms with E-state index in [0.29, 0.717) is 12.0 Å². The highest BCUT2D eigenvalue weighted by molar-refractivity contribution is 5.29. The van der Waals surface area contributed by atoms with Gasteiger partial charge < -0.3 is 14.6 Å². The van der Waals surface area contributed by atoms with Crippen molar-refractivity contribution in [2.24, 2.45) is 5.92 Å². The number of aryl methyl sites for hydroxylation is 2. The van der Waals surface area contributed by atoms with Gasteiger partial charge in [-0.1, -0.05) is 0 Å². The van der Waals surface area contributed by atoms with Crippen LogP contribution in [-0.4, -0.2) is 29.6 Å². The average molecular weight is 314 g/mol. The van der Waals surface area contributed by atoms with E-state index >= 15 is 0 Å². The van der Waals surface area contributed by atoms with Crippen LogP contribution in [0.3, 0.4) is 0 Å². The van der Waals surface area contributed by atoms with E-state index in [-0.39, 0.29) is 0 Å². The lowest BCUT2D eigenvalue weighted by molar-refractivity contribution is 0.364.